The van der Waals surface area contributed by atoms with E-state index in [1.54, 1.807) is 6.92 Å². The fraction of sp³-hybridized carbons (Fsp3) is 0.769. The first-order valence-electron chi connectivity index (χ1n) is 7.43. The number of ether oxygens (including phenoxy) is 1. The lowest BCUT2D eigenvalue weighted by Gasteiger charge is -2.20. The Morgan fingerprint density at radius 2 is 2.24 bits per heavy atom. The van der Waals surface area contributed by atoms with E-state index in [4.69, 9.17) is 4.74 Å². The van der Waals surface area contributed by atoms with Gasteiger partial charge in [0.25, 0.3) is 0 Å². The third-order valence-electron chi connectivity index (χ3n) is 4.18. The van der Waals surface area contributed by atoms with Gasteiger partial charge in [-0.3, -0.25) is 5.10 Å². The molecule has 21 heavy (non-hydrogen) atoms. The van der Waals surface area contributed by atoms with Crippen LogP contribution in [0.25, 0.3) is 0 Å². The summed E-state index contributed by atoms with van der Waals surface area (Å²) < 4.78 is 33.9. The highest BCUT2D eigenvalue weighted by Gasteiger charge is 2.43. The van der Waals surface area contributed by atoms with Crippen LogP contribution in [-0.4, -0.2) is 43.4 Å². The molecule has 7 nitrogen and oxygen atoms in total. The van der Waals surface area contributed by atoms with Crippen LogP contribution in [0.4, 0.5) is 0 Å². The molecular formula is C13H22N4O3S. The van der Waals surface area contributed by atoms with E-state index in [9.17, 15) is 8.42 Å². The molecule has 2 aliphatic rings. The predicted molar refractivity (Wildman–Crippen MR) is 77.3 cm³/mol. The van der Waals surface area contributed by atoms with Crippen molar-refractivity contribution in [3.63, 3.8) is 0 Å². The monoisotopic (exact) mass is 314 g/mol. The molecule has 2 fully saturated rings. The first-order chi connectivity index (χ1) is 10.0. The number of aromatic nitrogens is 2. The van der Waals surface area contributed by atoms with Gasteiger partial charge < -0.3 is 10.1 Å². The molecule has 3 atom stereocenters. The Labute approximate surface area is 124 Å². The number of sulfonamides is 1. The minimum atomic E-state index is -3.58. The first kappa shape index (κ1) is 15.0. The molecule has 1 aromatic heterocycles. The van der Waals surface area contributed by atoms with Crippen LogP contribution in [-0.2, 0) is 21.3 Å². The Balaban J connectivity index is 1.80. The van der Waals surface area contributed by atoms with E-state index in [2.05, 4.69) is 20.2 Å². The van der Waals surface area contributed by atoms with E-state index in [-0.39, 0.29) is 23.1 Å². The largest absolute Gasteiger partial charge is 0.373 e. The van der Waals surface area contributed by atoms with E-state index in [0.717, 1.165) is 25.8 Å². The summed E-state index contributed by atoms with van der Waals surface area (Å²) in [5.41, 5.74) is 1.10. The van der Waals surface area contributed by atoms with E-state index < -0.39 is 10.0 Å². The van der Waals surface area contributed by atoms with E-state index in [0.29, 0.717) is 17.9 Å². The minimum Gasteiger partial charge on any atom is -0.373 e. The average Bonchev–Trinajstić information content (AvgIpc) is 3.11. The smallest absolute Gasteiger partial charge is 0.244 e. The van der Waals surface area contributed by atoms with Gasteiger partial charge in [-0.25, -0.2) is 13.1 Å². The minimum absolute atomic E-state index is 0.0224. The van der Waals surface area contributed by atoms with E-state index in [1.165, 1.54) is 0 Å². The lowest BCUT2D eigenvalue weighted by atomic mass is 9.96. The molecule has 3 N–H and O–H groups in total. The zero-order chi connectivity index (χ0) is 15.0. The summed E-state index contributed by atoms with van der Waals surface area (Å²) in [6.07, 6.45) is 2.98. The van der Waals surface area contributed by atoms with Crippen molar-refractivity contribution in [1.82, 2.24) is 20.2 Å². The van der Waals surface area contributed by atoms with E-state index in [1.807, 2.05) is 6.92 Å². The first-order valence-corrected chi connectivity index (χ1v) is 8.92. The number of hydrogen-bond donors (Lipinski definition) is 3. The summed E-state index contributed by atoms with van der Waals surface area (Å²) in [5.74, 6) is 0. The van der Waals surface area contributed by atoms with Gasteiger partial charge in [0.15, 0.2) is 0 Å². The van der Waals surface area contributed by atoms with Crippen LogP contribution in [0.2, 0.25) is 0 Å². The Morgan fingerprint density at radius 3 is 2.86 bits per heavy atom. The molecule has 0 radical (unpaired) electrons. The molecule has 2 saturated heterocycles. The molecule has 2 bridgehead atoms. The van der Waals surface area contributed by atoms with Crippen molar-refractivity contribution in [3.05, 3.63) is 11.4 Å². The van der Waals surface area contributed by atoms with Crippen molar-refractivity contribution in [2.24, 2.45) is 0 Å². The molecule has 3 rings (SSSR count). The summed E-state index contributed by atoms with van der Waals surface area (Å²) in [7, 11) is -3.58. The van der Waals surface area contributed by atoms with Crippen molar-refractivity contribution >= 4 is 10.0 Å². The SMILES string of the molecule is CCNCc1n[nH]c(C)c1S(=O)(=O)NC1CC2CCC1O2. The van der Waals surface area contributed by atoms with Gasteiger partial charge in [0, 0.05) is 6.54 Å². The fourth-order valence-corrected chi connectivity index (χ4v) is 4.85. The second kappa shape index (κ2) is 5.68. The van der Waals surface area contributed by atoms with Gasteiger partial charge in [-0.05, 0) is 32.7 Å². The summed E-state index contributed by atoms with van der Waals surface area (Å²) in [4.78, 5) is 0.270. The van der Waals surface area contributed by atoms with Crippen LogP contribution < -0.4 is 10.0 Å². The third kappa shape index (κ3) is 2.85. The quantitative estimate of drug-likeness (QED) is 0.707. The molecule has 0 aliphatic carbocycles. The zero-order valence-electron chi connectivity index (χ0n) is 12.3. The van der Waals surface area contributed by atoms with Crippen molar-refractivity contribution in [3.8, 4) is 0 Å². The number of aryl methyl sites for hydroxylation is 1. The van der Waals surface area contributed by atoms with Gasteiger partial charge in [0.1, 0.15) is 4.90 Å². The van der Waals surface area contributed by atoms with Crippen LogP contribution in [0.5, 0.6) is 0 Å². The Kier molecular flexibility index (Phi) is 4.04. The molecule has 2 aliphatic heterocycles. The number of aromatic amines is 1. The Morgan fingerprint density at radius 1 is 1.43 bits per heavy atom. The highest BCUT2D eigenvalue weighted by atomic mass is 32.2. The summed E-state index contributed by atoms with van der Waals surface area (Å²) in [6, 6.07) is -0.116. The van der Waals surface area contributed by atoms with Crippen LogP contribution in [0.1, 0.15) is 37.6 Å². The highest BCUT2D eigenvalue weighted by Crippen LogP contribution is 2.35. The predicted octanol–water partition coefficient (Wildman–Crippen LogP) is 0.426. The summed E-state index contributed by atoms with van der Waals surface area (Å²) in [6.45, 7) is 4.90. The Bertz CT molecular complexity index is 613. The summed E-state index contributed by atoms with van der Waals surface area (Å²) in [5, 5.41) is 9.99. The topological polar surface area (TPSA) is 96.1 Å². The molecule has 0 aromatic carbocycles. The summed E-state index contributed by atoms with van der Waals surface area (Å²) >= 11 is 0. The van der Waals surface area contributed by atoms with Crippen LogP contribution in [0.15, 0.2) is 4.90 Å². The molecule has 3 unspecified atom stereocenters. The van der Waals surface area contributed by atoms with E-state index >= 15 is 0 Å². The van der Waals surface area contributed by atoms with Gasteiger partial charge in [0.2, 0.25) is 10.0 Å². The fourth-order valence-electron chi connectivity index (χ4n) is 3.21. The number of hydrogen-bond acceptors (Lipinski definition) is 5. The lowest BCUT2D eigenvalue weighted by molar-refractivity contribution is 0.0996. The second-order valence-electron chi connectivity index (χ2n) is 5.74. The number of nitrogens with zero attached hydrogens (tertiary/aromatic N) is 1. The number of nitrogens with one attached hydrogen (secondary N) is 3. The second-order valence-corrected chi connectivity index (χ2v) is 7.39. The Hall–Kier alpha value is -0.960. The molecule has 0 spiro atoms. The van der Waals surface area contributed by atoms with Crippen molar-refractivity contribution in [2.75, 3.05) is 6.54 Å². The van der Waals surface area contributed by atoms with Gasteiger partial charge in [-0.2, -0.15) is 5.10 Å². The third-order valence-corrected chi connectivity index (χ3v) is 5.88. The van der Waals surface area contributed by atoms with Gasteiger partial charge in [0.05, 0.1) is 29.6 Å². The van der Waals surface area contributed by atoms with Crippen molar-refractivity contribution in [2.45, 2.75) is 62.8 Å². The zero-order valence-corrected chi connectivity index (χ0v) is 13.2. The van der Waals surface area contributed by atoms with Crippen LogP contribution >= 0.6 is 0 Å². The molecule has 8 heteroatoms. The van der Waals surface area contributed by atoms with Crippen molar-refractivity contribution in [1.29, 1.82) is 0 Å². The molecule has 0 saturated carbocycles. The molecule has 1 aromatic rings. The lowest BCUT2D eigenvalue weighted by Crippen LogP contribution is -2.41. The van der Waals surface area contributed by atoms with Crippen LogP contribution in [0, 0.1) is 6.92 Å². The van der Waals surface area contributed by atoms with Crippen LogP contribution in [0.3, 0.4) is 0 Å². The molecule has 0 amide bonds. The maximum atomic E-state index is 12.7. The maximum absolute atomic E-state index is 12.7. The average molecular weight is 314 g/mol. The molecule has 3 heterocycles. The maximum Gasteiger partial charge on any atom is 0.244 e. The van der Waals surface area contributed by atoms with Gasteiger partial charge >= 0.3 is 0 Å². The highest BCUT2D eigenvalue weighted by molar-refractivity contribution is 7.89. The molecule has 118 valence electrons. The normalized spacial score (nSPS) is 28.4. The number of rotatable bonds is 6. The molecular weight excluding hydrogens is 292 g/mol. The van der Waals surface area contributed by atoms with Gasteiger partial charge in [-0.15, -0.1) is 0 Å². The number of fused-ring (bicyclic) bond motifs is 2. The van der Waals surface area contributed by atoms with Gasteiger partial charge in [-0.1, -0.05) is 6.92 Å². The van der Waals surface area contributed by atoms with Crippen molar-refractivity contribution < 1.29 is 13.2 Å². The standard InChI is InChI=1S/C13H22N4O3S/c1-3-14-7-11-13(8(2)15-16-11)21(18,19)17-10-6-9-4-5-12(10)20-9/h9-10,12,14,17H,3-7H2,1-2H3,(H,15,16). The number of H-pyrrole nitrogens is 1.